The molecule has 0 saturated heterocycles. The van der Waals surface area contributed by atoms with Gasteiger partial charge in [-0.05, 0) is 26.8 Å². The Balaban J connectivity index is 2.15. The van der Waals surface area contributed by atoms with Crippen molar-refractivity contribution in [3.63, 3.8) is 0 Å². The summed E-state index contributed by atoms with van der Waals surface area (Å²) < 4.78 is 5.24. The Morgan fingerprint density at radius 3 is 3.00 bits per heavy atom. The Bertz CT molecular complexity index is 262. The first kappa shape index (κ1) is 11.6. The molecule has 0 aliphatic heterocycles. The highest BCUT2D eigenvalue weighted by Crippen LogP contribution is 2.17. The molecule has 1 heterocycles. The van der Waals surface area contributed by atoms with Crippen LogP contribution in [0.15, 0.2) is 15.9 Å². The molecule has 0 radical (unpaired) electrons. The lowest BCUT2D eigenvalue weighted by Gasteiger charge is -2.10. The Hall–Kier alpha value is -0.480. The largest absolute Gasteiger partial charge is 0.440 e. The zero-order valence-electron chi connectivity index (χ0n) is 9.04. The van der Waals surface area contributed by atoms with Gasteiger partial charge in [0.25, 0.3) is 5.22 Å². The van der Waals surface area contributed by atoms with Crippen molar-refractivity contribution in [2.24, 2.45) is 0 Å². The van der Waals surface area contributed by atoms with Crippen molar-refractivity contribution in [2.75, 3.05) is 12.3 Å². The number of nitrogens with zero attached hydrogens (tertiary/aromatic N) is 1. The van der Waals surface area contributed by atoms with Crippen molar-refractivity contribution in [3.05, 3.63) is 12.0 Å². The van der Waals surface area contributed by atoms with Crippen LogP contribution in [0.3, 0.4) is 0 Å². The molecule has 0 aromatic carbocycles. The number of hydrogen-bond acceptors (Lipinski definition) is 4. The van der Waals surface area contributed by atoms with Gasteiger partial charge >= 0.3 is 0 Å². The number of oxazole rings is 1. The highest BCUT2D eigenvalue weighted by Gasteiger charge is 2.03. The maximum atomic E-state index is 5.24. The fraction of sp³-hybridized carbons (Fsp3) is 0.700. The van der Waals surface area contributed by atoms with Crippen LogP contribution in [-0.2, 0) is 0 Å². The van der Waals surface area contributed by atoms with Crippen molar-refractivity contribution >= 4 is 11.8 Å². The third-order valence-electron chi connectivity index (χ3n) is 1.93. The van der Waals surface area contributed by atoms with Crippen LogP contribution >= 0.6 is 11.8 Å². The zero-order chi connectivity index (χ0) is 10.4. The van der Waals surface area contributed by atoms with Gasteiger partial charge in [-0.25, -0.2) is 4.98 Å². The maximum Gasteiger partial charge on any atom is 0.255 e. The van der Waals surface area contributed by atoms with Crippen LogP contribution < -0.4 is 5.32 Å². The molecule has 0 aliphatic carbocycles. The Morgan fingerprint density at radius 2 is 2.43 bits per heavy atom. The third-order valence-corrected chi connectivity index (χ3v) is 2.80. The summed E-state index contributed by atoms with van der Waals surface area (Å²) in [6, 6.07) is 0.573. The lowest BCUT2D eigenvalue weighted by molar-refractivity contribution is 0.453. The molecule has 1 rings (SSSR count). The molecule has 0 aliphatic rings. The van der Waals surface area contributed by atoms with Crippen LogP contribution in [0.4, 0.5) is 0 Å². The van der Waals surface area contributed by atoms with Gasteiger partial charge in [-0.3, -0.25) is 0 Å². The standard InChI is InChI=1S/C10H18N2OS/c1-4-11-8(2)5-6-14-10-12-9(3)7-13-10/h7-8,11H,4-6H2,1-3H3. The second-order valence-electron chi connectivity index (χ2n) is 3.35. The summed E-state index contributed by atoms with van der Waals surface area (Å²) in [5.41, 5.74) is 0.951. The minimum absolute atomic E-state index is 0.573. The number of thioether (sulfide) groups is 1. The molecule has 80 valence electrons. The van der Waals surface area contributed by atoms with Crippen LogP contribution in [0.25, 0.3) is 0 Å². The SMILES string of the molecule is CCNC(C)CCSc1nc(C)co1. The molecule has 0 fully saturated rings. The smallest absolute Gasteiger partial charge is 0.255 e. The lowest BCUT2D eigenvalue weighted by Crippen LogP contribution is -2.25. The molecule has 1 aromatic heterocycles. The summed E-state index contributed by atoms with van der Waals surface area (Å²) in [6.45, 7) is 7.30. The average Bonchev–Trinajstić information content (AvgIpc) is 2.52. The van der Waals surface area contributed by atoms with Crippen molar-refractivity contribution in [2.45, 2.75) is 38.5 Å². The fourth-order valence-electron chi connectivity index (χ4n) is 1.17. The van der Waals surface area contributed by atoms with Crippen LogP contribution in [0.2, 0.25) is 0 Å². The molecule has 3 nitrogen and oxygen atoms in total. The Kier molecular flexibility index (Phi) is 5.04. The van der Waals surface area contributed by atoms with Gasteiger partial charge in [0.15, 0.2) is 0 Å². The first-order chi connectivity index (χ1) is 6.72. The van der Waals surface area contributed by atoms with E-state index >= 15 is 0 Å². The third kappa shape index (κ3) is 4.15. The second kappa shape index (κ2) is 6.09. The minimum Gasteiger partial charge on any atom is -0.440 e. The second-order valence-corrected chi connectivity index (χ2v) is 4.40. The number of aryl methyl sites for hydroxylation is 1. The molecule has 0 saturated carbocycles. The summed E-state index contributed by atoms with van der Waals surface area (Å²) >= 11 is 1.68. The molecule has 14 heavy (non-hydrogen) atoms. The molecule has 4 heteroatoms. The normalized spacial score (nSPS) is 13.1. The molecule has 1 atom stereocenters. The number of rotatable bonds is 6. The molecule has 1 unspecified atom stereocenters. The number of nitrogens with one attached hydrogen (secondary N) is 1. The van der Waals surface area contributed by atoms with Gasteiger partial charge in [-0.2, -0.15) is 0 Å². The van der Waals surface area contributed by atoms with Gasteiger partial charge in [0, 0.05) is 11.8 Å². The fourth-order valence-corrected chi connectivity index (χ4v) is 2.14. The van der Waals surface area contributed by atoms with E-state index in [1.165, 1.54) is 0 Å². The zero-order valence-corrected chi connectivity index (χ0v) is 9.86. The summed E-state index contributed by atoms with van der Waals surface area (Å²) in [5, 5.41) is 4.16. The molecule has 1 N–H and O–H groups in total. The van der Waals surface area contributed by atoms with Gasteiger partial charge in [0.1, 0.15) is 6.26 Å². The van der Waals surface area contributed by atoms with Gasteiger partial charge < -0.3 is 9.73 Å². The molecule has 0 amide bonds. The Labute approximate surface area is 89.7 Å². The lowest BCUT2D eigenvalue weighted by atomic mass is 10.3. The topological polar surface area (TPSA) is 38.1 Å². The molecular formula is C10H18N2OS. The monoisotopic (exact) mass is 214 g/mol. The summed E-state index contributed by atoms with van der Waals surface area (Å²) in [7, 11) is 0. The first-order valence-electron chi connectivity index (χ1n) is 5.00. The molecule has 0 bridgehead atoms. The van der Waals surface area contributed by atoms with Crippen molar-refractivity contribution in [1.82, 2.24) is 10.3 Å². The summed E-state index contributed by atoms with van der Waals surface area (Å²) in [5.74, 6) is 1.05. The Morgan fingerprint density at radius 1 is 1.64 bits per heavy atom. The van der Waals surface area contributed by atoms with Crippen LogP contribution in [0.5, 0.6) is 0 Å². The van der Waals surface area contributed by atoms with E-state index in [1.54, 1.807) is 18.0 Å². The quantitative estimate of drug-likeness (QED) is 0.738. The first-order valence-corrected chi connectivity index (χ1v) is 5.99. The highest BCUT2D eigenvalue weighted by atomic mass is 32.2. The van der Waals surface area contributed by atoms with E-state index < -0.39 is 0 Å². The maximum absolute atomic E-state index is 5.24. The predicted octanol–water partition coefficient (Wildman–Crippen LogP) is 2.46. The van der Waals surface area contributed by atoms with E-state index in [4.69, 9.17) is 4.42 Å². The predicted molar refractivity (Wildman–Crippen MR) is 59.7 cm³/mol. The molecular weight excluding hydrogens is 196 g/mol. The van der Waals surface area contributed by atoms with E-state index in [1.807, 2.05) is 6.92 Å². The summed E-state index contributed by atoms with van der Waals surface area (Å²) in [6.07, 6.45) is 2.83. The van der Waals surface area contributed by atoms with Crippen molar-refractivity contribution in [3.8, 4) is 0 Å². The van der Waals surface area contributed by atoms with Gasteiger partial charge in [0.2, 0.25) is 0 Å². The summed E-state index contributed by atoms with van der Waals surface area (Å²) in [4.78, 5) is 4.23. The van der Waals surface area contributed by atoms with Gasteiger partial charge in [-0.15, -0.1) is 0 Å². The average molecular weight is 214 g/mol. The van der Waals surface area contributed by atoms with Crippen molar-refractivity contribution < 1.29 is 4.42 Å². The number of hydrogen-bond donors (Lipinski definition) is 1. The molecule has 1 aromatic rings. The van der Waals surface area contributed by atoms with Crippen LogP contribution in [0.1, 0.15) is 26.0 Å². The van der Waals surface area contributed by atoms with E-state index in [9.17, 15) is 0 Å². The van der Waals surface area contributed by atoms with E-state index in [0.29, 0.717) is 6.04 Å². The molecule has 0 spiro atoms. The van der Waals surface area contributed by atoms with E-state index in [2.05, 4.69) is 24.1 Å². The van der Waals surface area contributed by atoms with E-state index in [0.717, 1.165) is 29.6 Å². The minimum atomic E-state index is 0.573. The number of aromatic nitrogens is 1. The van der Waals surface area contributed by atoms with Crippen LogP contribution in [-0.4, -0.2) is 23.3 Å². The van der Waals surface area contributed by atoms with Gasteiger partial charge in [-0.1, -0.05) is 18.7 Å². The highest BCUT2D eigenvalue weighted by molar-refractivity contribution is 7.99. The van der Waals surface area contributed by atoms with E-state index in [-0.39, 0.29) is 0 Å². The van der Waals surface area contributed by atoms with Crippen LogP contribution in [0, 0.1) is 6.92 Å². The van der Waals surface area contributed by atoms with Gasteiger partial charge in [0.05, 0.1) is 5.69 Å². The van der Waals surface area contributed by atoms with Crippen molar-refractivity contribution in [1.29, 1.82) is 0 Å².